The van der Waals surface area contributed by atoms with Crippen LogP contribution in [0.4, 0.5) is 24.0 Å². The SMILES string of the molecule is CC(C)N(CC(=O)Nc1nc(CC(=O)N2CCN(c3cccc(C(F)(F)F)c3)CC2)cs1)C(=O)c1ccc(Cl)cc1. The van der Waals surface area contributed by atoms with Crippen LogP contribution in [0.1, 0.15) is 35.5 Å². The van der Waals surface area contributed by atoms with E-state index >= 15 is 0 Å². The van der Waals surface area contributed by atoms with Crippen LogP contribution >= 0.6 is 22.9 Å². The predicted molar refractivity (Wildman–Crippen MR) is 152 cm³/mol. The fourth-order valence-corrected chi connectivity index (χ4v) is 5.22. The van der Waals surface area contributed by atoms with E-state index in [2.05, 4.69) is 10.3 Å². The summed E-state index contributed by atoms with van der Waals surface area (Å²) in [6, 6.07) is 11.4. The van der Waals surface area contributed by atoms with Crippen LogP contribution in [-0.4, -0.2) is 71.3 Å². The number of piperazine rings is 1. The van der Waals surface area contributed by atoms with Crippen LogP contribution in [-0.2, 0) is 22.2 Å². The highest BCUT2D eigenvalue weighted by molar-refractivity contribution is 7.13. The van der Waals surface area contributed by atoms with Gasteiger partial charge in [0.25, 0.3) is 5.91 Å². The van der Waals surface area contributed by atoms with Crippen molar-refractivity contribution in [3.8, 4) is 0 Å². The number of anilines is 2. The van der Waals surface area contributed by atoms with Crippen molar-refractivity contribution >= 4 is 51.5 Å². The Balaban J connectivity index is 1.28. The summed E-state index contributed by atoms with van der Waals surface area (Å²) in [5.41, 5.74) is 0.679. The predicted octanol–water partition coefficient (Wildman–Crippen LogP) is 5.20. The lowest BCUT2D eigenvalue weighted by Crippen LogP contribution is -2.49. The highest BCUT2D eigenvalue weighted by Gasteiger charge is 2.31. The zero-order valence-corrected chi connectivity index (χ0v) is 24.0. The Morgan fingerprint density at radius 3 is 2.39 bits per heavy atom. The minimum atomic E-state index is -4.41. The van der Waals surface area contributed by atoms with Crippen LogP contribution < -0.4 is 10.2 Å². The van der Waals surface area contributed by atoms with E-state index in [1.165, 1.54) is 22.3 Å². The molecule has 0 unspecified atom stereocenters. The van der Waals surface area contributed by atoms with Gasteiger partial charge in [-0.3, -0.25) is 14.4 Å². The normalized spacial score (nSPS) is 13.8. The molecular weight excluding hydrogens is 579 g/mol. The summed E-state index contributed by atoms with van der Waals surface area (Å²) in [7, 11) is 0. The van der Waals surface area contributed by atoms with E-state index in [0.717, 1.165) is 12.1 Å². The van der Waals surface area contributed by atoms with Crippen LogP contribution in [0.15, 0.2) is 53.9 Å². The fourth-order valence-electron chi connectivity index (χ4n) is 4.37. The van der Waals surface area contributed by atoms with Crippen LogP contribution in [0.2, 0.25) is 5.02 Å². The summed E-state index contributed by atoms with van der Waals surface area (Å²) in [4.78, 5) is 47.8. The number of hydrogen-bond donors (Lipinski definition) is 1. The Kier molecular flexibility index (Phi) is 9.54. The highest BCUT2D eigenvalue weighted by atomic mass is 35.5. The van der Waals surface area contributed by atoms with Gasteiger partial charge in [-0.05, 0) is 56.3 Å². The zero-order chi connectivity index (χ0) is 29.7. The number of carbonyl (C=O) groups is 3. The lowest BCUT2D eigenvalue weighted by molar-refractivity contribution is -0.137. The maximum Gasteiger partial charge on any atom is 0.416 e. The summed E-state index contributed by atoms with van der Waals surface area (Å²) < 4.78 is 39.2. The van der Waals surface area contributed by atoms with Crippen molar-refractivity contribution in [1.29, 1.82) is 0 Å². The van der Waals surface area contributed by atoms with E-state index in [-0.39, 0.29) is 30.8 Å². The lowest BCUT2D eigenvalue weighted by atomic mass is 10.1. The molecule has 2 aromatic carbocycles. The van der Waals surface area contributed by atoms with Crippen molar-refractivity contribution in [3.05, 3.63) is 75.8 Å². The number of hydrogen-bond acceptors (Lipinski definition) is 6. The monoisotopic (exact) mass is 607 g/mol. The number of carbonyl (C=O) groups excluding carboxylic acids is 3. The van der Waals surface area contributed by atoms with Crippen molar-refractivity contribution in [2.75, 3.05) is 42.9 Å². The second-order valence-corrected chi connectivity index (χ2v) is 11.1. The number of halogens is 4. The first-order valence-corrected chi connectivity index (χ1v) is 14.2. The molecule has 0 saturated carbocycles. The highest BCUT2D eigenvalue weighted by Crippen LogP contribution is 2.32. The van der Waals surface area contributed by atoms with Gasteiger partial charge < -0.3 is 20.0 Å². The molecule has 13 heteroatoms. The Morgan fingerprint density at radius 2 is 1.76 bits per heavy atom. The Hall–Kier alpha value is -3.64. The third-order valence-electron chi connectivity index (χ3n) is 6.59. The molecule has 3 amide bonds. The molecule has 0 spiro atoms. The van der Waals surface area contributed by atoms with Gasteiger partial charge in [-0.1, -0.05) is 17.7 Å². The molecule has 0 radical (unpaired) electrons. The third-order valence-corrected chi connectivity index (χ3v) is 7.65. The number of rotatable bonds is 8. The molecule has 4 rings (SSSR count). The molecule has 41 heavy (non-hydrogen) atoms. The van der Waals surface area contributed by atoms with E-state index in [4.69, 9.17) is 11.6 Å². The second-order valence-electron chi connectivity index (χ2n) is 9.82. The average molecular weight is 608 g/mol. The molecule has 1 N–H and O–H groups in total. The molecule has 0 aliphatic carbocycles. The van der Waals surface area contributed by atoms with Crippen molar-refractivity contribution in [3.63, 3.8) is 0 Å². The lowest BCUT2D eigenvalue weighted by Gasteiger charge is -2.36. The van der Waals surface area contributed by atoms with E-state index < -0.39 is 17.6 Å². The molecule has 0 atom stereocenters. The fraction of sp³-hybridized carbons (Fsp3) is 0.357. The summed E-state index contributed by atoms with van der Waals surface area (Å²) in [6.07, 6.45) is -4.38. The number of thiazole rings is 1. The van der Waals surface area contributed by atoms with Gasteiger partial charge in [-0.15, -0.1) is 11.3 Å². The zero-order valence-electron chi connectivity index (χ0n) is 22.4. The summed E-state index contributed by atoms with van der Waals surface area (Å²) in [5, 5.41) is 5.20. The van der Waals surface area contributed by atoms with E-state index in [1.54, 1.807) is 40.6 Å². The van der Waals surface area contributed by atoms with Gasteiger partial charge in [0.2, 0.25) is 11.8 Å². The molecule has 0 bridgehead atoms. The summed E-state index contributed by atoms with van der Waals surface area (Å²) in [6.45, 7) is 5.01. The summed E-state index contributed by atoms with van der Waals surface area (Å²) in [5.74, 6) is -0.874. The van der Waals surface area contributed by atoms with Crippen molar-refractivity contribution in [2.45, 2.75) is 32.5 Å². The van der Waals surface area contributed by atoms with Crippen LogP contribution in [0.25, 0.3) is 0 Å². The number of nitrogens with one attached hydrogen (secondary N) is 1. The molecule has 1 aliphatic heterocycles. The molecular formula is C28H29ClF3N5O3S. The van der Waals surface area contributed by atoms with Crippen molar-refractivity contribution in [1.82, 2.24) is 14.8 Å². The van der Waals surface area contributed by atoms with Gasteiger partial charge in [0.15, 0.2) is 5.13 Å². The maximum absolute atomic E-state index is 13.1. The van der Waals surface area contributed by atoms with Gasteiger partial charge in [-0.25, -0.2) is 4.98 Å². The maximum atomic E-state index is 13.1. The van der Waals surface area contributed by atoms with Crippen molar-refractivity contribution < 1.29 is 27.6 Å². The molecule has 8 nitrogen and oxygen atoms in total. The quantitative estimate of drug-likeness (QED) is 0.381. The Morgan fingerprint density at radius 1 is 1.07 bits per heavy atom. The minimum Gasteiger partial charge on any atom is -0.368 e. The number of nitrogens with zero attached hydrogens (tertiary/aromatic N) is 4. The summed E-state index contributed by atoms with van der Waals surface area (Å²) >= 11 is 7.08. The van der Waals surface area contributed by atoms with Gasteiger partial charge in [-0.2, -0.15) is 13.2 Å². The van der Waals surface area contributed by atoms with Crippen molar-refractivity contribution in [2.24, 2.45) is 0 Å². The molecule has 1 aromatic heterocycles. The van der Waals surface area contributed by atoms with E-state index in [0.29, 0.717) is 53.3 Å². The van der Waals surface area contributed by atoms with Gasteiger partial charge in [0.1, 0.15) is 6.54 Å². The minimum absolute atomic E-state index is 0.0309. The first-order valence-electron chi connectivity index (χ1n) is 12.9. The van der Waals surface area contributed by atoms with Gasteiger partial charge in [0.05, 0.1) is 17.7 Å². The number of aromatic nitrogens is 1. The first kappa shape index (κ1) is 30.3. The Labute approximate surface area is 244 Å². The van der Waals surface area contributed by atoms with Crippen LogP contribution in [0.3, 0.4) is 0 Å². The van der Waals surface area contributed by atoms with Crippen LogP contribution in [0, 0.1) is 0 Å². The first-order chi connectivity index (χ1) is 19.4. The number of benzene rings is 2. The Bertz CT molecular complexity index is 1390. The largest absolute Gasteiger partial charge is 0.416 e. The van der Waals surface area contributed by atoms with Gasteiger partial charge >= 0.3 is 6.18 Å². The number of alkyl halides is 3. The molecule has 2 heterocycles. The van der Waals surface area contributed by atoms with Gasteiger partial charge in [0, 0.05) is 53.9 Å². The van der Waals surface area contributed by atoms with E-state index in [9.17, 15) is 27.6 Å². The molecule has 1 saturated heterocycles. The standard InChI is InChI=1S/C28H29ClF3N5O3S/c1-18(2)37(26(40)19-6-8-21(29)9-7-19)16-24(38)34-27-33-22(17-41-27)15-25(39)36-12-10-35(11-13-36)23-5-3-4-20(14-23)28(30,31)32/h3-9,14,17-18H,10-13,15-16H2,1-2H3,(H,33,34,38). The second kappa shape index (κ2) is 12.9. The molecule has 1 aliphatic rings. The third kappa shape index (κ3) is 7.98. The molecule has 218 valence electrons. The topological polar surface area (TPSA) is 85.8 Å². The molecule has 1 fully saturated rings. The average Bonchev–Trinajstić information content (AvgIpc) is 3.37. The smallest absolute Gasteiger partial charge is 0.368 e. The van der Waals surface area contributed by atoms with Crippen LogP contribution in [0.5, 0.6) is 0 Å². The van der Waals surface area contributed by atoms with E-state index in [1.807, 2.05) is 18.7 Å². The number of amides is 3. The molecule has 3 aromatic rings.